The van der Waals surface area contributed by atoms with E-state index in [1.54, 1.807) is 13.2 Å². The van der Waals surface area contributed by atoms with Crippen LogP contribution in [0.15, 0.2) is 65.8 Å². The van der Waals surface area contributed by atoms with Crippen LogP contribution in [0, 0.1) is 0 Å². The fraction of sp³-hybridized carbons (Fsp3) is 0.269. The molecular formula is C26H24Cl2N2O3. The zero-order valence-corrected chi connectivity index (χ0v) is 20.1. The molecule has 5 nitrogen and oxygen atoms in total. The second-order valence-electron chi connectivity index (χ2n) is 8.39. The highest BCUT2D eigenvalue weighted by molar-refractivity contribution is 6.35. The van der Waals surface area contributed by atoms with E-state index in [4.69, 9.17) is 42.5 Å². The van der Waals surface area contributed by atoms with Crippen molar-refractivity contribution < 1.29 is 14.2 Å². The van der Waals surface area contributed by atoms with E-state index in [1.165, 1.54) is 0 Å². The molecule has 2 aliphatic heterocycles. The minimum Gasteiger partial charge on any atom is -0.497 e. The van der Waals surface area contributed by atoms with Crippen LogP contribution in [0.4, 0.5) is 0 Å². The van der Waals surface area contributed by atoms with Gasteiger partial charge < -0.3 is 14.2 Å². The van der Waals surface area contributed by atoms with E-state index in [2.05, 4.69) is 0 Å². The van der Waals surface area contributed by atoms with Gasteiger partial charge >= 0.3 is 0 Å². The Kier molecular flexibility index (Phi) is 5.85. The van der Waals surface area contributed by atoms with Crippen molar-refractivity contribution in [3.05, 3.63) is 87.4 Å². The van der Waals surface area contributed by atoms with Crippen molar-refractivity contribution >= 4 is 28.9 Å². The molecule has 2 aliphatic rings. The summed E-state index contributed by atoms with van der Waals surface area (Å²) >= 11 is 12.9. The fourth-order valence-electron chi connectivity index (χ4n) is 4.28. The molecule has 7 heteroatoms. The Morgan fingerprint density at radius 3 is 2.36 bits per heavy atom. The van der Waals surface area contributed by atoms with Gasteiger partial charge in [0.05, 0.1) is 30.0 Å². The Morgan fingerprint density at radius 1 is 1.00 bits per heavy atom. The molecule has 0 N–H and O–H groups in total. The molecule has 5 rings (SSSR count). The molecule has 0 unspecified atom stereocenters. The molecule has 3 aromatic carbocycles. The first-order chi connectivity index (χ1) is 15.9. The first-order valence-electron chi connectivity index (χ1n) is 10.9. The maximum Gasteiger partial charge on any atom is 0.213 e. The van der Waals surface area contributed by atoms with Crippen molar-refractivity contribution in [2.24, 2.45) is 5.10 Å². The topological polar surface area (TPSA) is 43.3 Å². The molecule has 0 fully saturated rings. The Morgan fingerprint density at radius 2 is 1.70 bits per heavy atom. The third-order valence-corrected chi connectivity index (χ3v) is 6.27. The number of nitrogens with zero attached hydrogens (tertiary/aromatic N) is 2. The summed E-state index contributed by atoms with van der Waals surface area (Å²) < 4.78 is 17.5. The number of benzene rings is 3. The fourth-order valence-corrected chi connectivity index (χ4v) is 4.83. The van der Waals surface area contributed by atoms with Gasteiger partial charge in [0.2, 0.25) is 6.23 Å². The van der Waals surface area contributed by atoms with Gasteiger partial charge in [-0.25, -0.2) is 5.01 Å². The van der Waals surface area contributed by atoms with Crippen LogP contribution in [0.5, 0.6) is 17.2 Å². The molecule has 0 aromatic heterocycles. The van der Waals surface area contributed by atoms with Crippen molar-refractivity contribution in [2.45, 2.75) is 38.6 Å². The minimum absolute atomic E-state index is 0.0429. The van der Waals surface area contributed by atoms with E-state index < -0.39 is 6.23 Å². The van der Waals surface area contributed by atoms with Crippen LogP contribution in [-0.4, -0.2) is 23.9 Å². The van der Waals surface area contributed by atoms with Crippen LogP contribution in [0.1, 0.15) is 49.2 Å². The lowest BCUT2D eigenvalue weighted by Crippen LogP contribution is -2.33. The molecule has 0 radical (unpaired) electrons. The van der Waals surface area contributed by atoms with Crippen LogP contribution in [0.3, 0.4) is 0 Å². The zero-order valence-electron chi connectivity index (χ0n) is 18.6. The van der Waals surface area contributed by atoms with Crippen molar-refractivity contribution in [3.63, 3.8) is 0 Å². The van der Waals surface area contributed by atoms with E-state index in [9.17, 15) is 0 Å². The molecule has 0 saturated carbocycles. The van der Waals surface area contributed by atoms with Crippen LogP contribution < -0.4 is 14.2 Å². The minimum atomic E-state index is -0.426. The van der Waals surface area contributed by atoms with Gasteiger partial charge in [0.15, 0.2) is 0 Å². The lowest BCUT2D eigenvalue weighted by atomic mass is 9.96. The average Bonchev–Trinajstić information content (AvgIpc) is 3.25. The third kappa shape index (κ3) is 4.23. The van der Waals surface area contributed by atoms with Crippen LogP contribution in [0.2, 0.25) is 10.0 Å². The highest BCUT2D eigenvalue weighted by Gasteiger charge is 2.42. The van der Waals surface area contributed by atoms with Gasteiger partial charge in [-0.1, -0.05) is 23.2 Å². The molecule has 33 heavy (non-hydrogen) atoms. The van der Waals surface area contributed by atoms with Gasteiger partial charge in [0, 0.05) is 22.6 Å². The summed E-state index contributed by atoms with van der Waals surface area (Å²) in [6, 6.07) is 19.5. The van der Waals surface area contributed by atoms with Crippen molar-refractivity contribution in [2.75, 3.05) is 7.11 Å². The molecule has 2 heterocycles. The maximum absolute atomic E-state index is 6.56. The number of fused-ring (bicyclic) bond motifs is 3. The average molecular weight is 483 g/mol. The van der Waals surface area contributed by atoms with E-state index in [-0.39, 0.29) is 12.1 Å². The first kappa shape index (κ1) is 21.9. The summed E-state index contributed by atoms with van der Waals surface area (Å²) in [5.74, 6) is 2.28. The smallest absolute Gasteiger partial charge is 0.213 e. The summed E-state index contributed by atoms with van der Waals surface area (Å²) in [4.78, 5) is 0. The number of halogens is 2. The van der Waals surface area contributed by atoms with Gasteiger partial charge in [-0.05, 0) is 80.1 Å². The van der Waals surface area contributed by atoms with Gasteiger partial charge in [-0.3, -0.25) is 0 Å². The first-order valence-corrected chi connectivity index (χ1v) is 11.6. The molecule has 0 spiro atoms. The Bertz CT molecular complexity index is 1190. The van der Waals surface area contributed by atoms with Gasteiger partial charge in [0.1, 0.15) is 17.2 Å². The molecule has 2 atom stereocenters. The standard InChI is InChI=1S/C26H24Cl2N2O3/c1-15(2)32-20-10-6-17(7-11-20)26-30-24(21-12-18(27)13-22(28)25(21)33-26)14-23(29-30)16-4-8-19(31-3)9-5-16/h4-13,15,24,26H,14H2,1-3H3/t24-,26+/m1/s1. The molecular weight excluding hydrogens is 459 g/mol. The summed E-state index contributed by atoms with van der Waals surface area (Å²) in [5, 5.41) is 8.07. The molecule has 0 amide bonds. The lowest BCUT2D eigenvalue weighted by molar-refractivity contribution is -0.0189. The summed E-state index contributed by atoms with van der Waals surface area (Å²) in [7, 11) is 1.66. The SMILES string of the molecule is COc1ccc(C2=NN3[C@H](C2)c2cc(Cl)cc(Cl)c2O[C@H]3c2ccc(OC(C)C)cc2)cc1. The quantitative estimate of drug-likeness (QED) is 0.391. The molecule has 0 bridgehead atoms. The number of rotatable bonds is 5. The zero-order chi connectivity index (χ0) is 23.1. The summed E-state index contributed by atoms with van der Waals surface area (Å²) in [5.41, 5.74) is 3.92. The summed E-state index contributed by atoms with van der Waals surface area (Å²) in [6.07, 6.45) is 0.395. The number of methoxy groups -OCH3 is 1. The van der Waals surface area contributed by atoms with Crippen LogP contribution >= 0.6 is 23.2 Å². The Hall–Kier alpha value is -2.89. The lowest BCUT2D eigenvalue weighted by Gasteiger charge is -2.38. The van der Waals surface area contributed by atoms with Gasteiger partial charge in [0.25, 0.3) is 0 Å². The van der Waals surface area contributed by atoms with Gasteiger partial charge in [-0.2, -0.15) is 5.10 Å². The molecule has 0 saturated heterocycles. The van der Waals surface area contributed by atoms with Crippen molar-refractivity contribution in [1.82, 2.24) is 5.01 Å². The highest BCUT2D eigenvalue weighted by Crippen LogP contribution is 2.50. The number of hydrogen-bond donors (Lipinski definition) is 0. The van der Waals surface area contributed by atoms with E-state index in [1.807, 2.05) is 73.5 Å². The number of ether oxygens (including phenoxy) is 3. The second-order valence-corrected chi connectivity index (χ2v) is 9.23. The highest BCUT2D eigenvalue weighted by atomic mass is 35.5. The second kappa shape index (κ2) is 8.81. The van der Waals surface area contributed by atoms with Gasteiger partial charge in [-0.15, -0.1) is 0 Å². The van der Waals surface area contributed by atoms with Crippen LogP contribution in [-0.2, 0) is 0 Å². The molecule has 170 valence electrons. The molecule has 3 aromatic rings. The summed E-state index contributed by atoms with van der Waals surface area (Å²) in [6.45, 7) is 4.01. The Labute approximate surface area is 203 Å². The van der Waals surface area contributed by atoms with Crippen LogP contribution in [0.25, 0.3) is 0 Å². The van der Waals surface area contributed by atoms with E-state index in [0.29, 0.717) is 22.2 Å². The third-order valence-electron chi connectivity index (χ3n) is 5.77. The number of hydrazone groups is 1. The Balaban J connectivity index is 1.54. The van der Waals surface area contributed by atoms with Crippen molar-refractivity contribution in [3.8, 4) is 17.2 Å². The predicted molar refractivity (Wildman–Crippen MR) is 131 cm³/mol. The van der Waals surface area contributed by atoms with E-state index in [0.717, 1.165) is 33.9 Å². The normalized spacial score (nSPS) is 19.0. The predicted octanol–water partition coefficient (Wildman–Crippen LogP) is 7.03. The number of hydrogen-bond acceptors (Lipinski definition) is 5. The van der Waals surface area contributed by atoms with Crippen molar-refractivity contribution in [1.29, 1.82) is 0 Å². The monoisotopic (exact) mass is 482 g/mol. The molecule has 0 aliphatic carbocycles. The maximum atomic E-state index is 6.56. The largest absolute Gasteiger partial charge is 0.497 e. The van der Waals surface area contributed by atoms with E-state index >= 15 is 0 Å².